The van der Waals surface area contributed by atoms with Crippen LogP contribution < -0.4 is 5.43 Å². The number of pyridine rings is 1. The average Bonchev–Trinajstić information content (AvgIpc) is 2.74. The molecule has 0 bridgehead atoms. The summed E-state index contributed by atoms with van der Waals surface area (Å²) in [5.74, 6) is -0.423. The highest BCUT2D eigenvalue weighted by Gasteiger charge is 2.29. The maximum absolute atomic E-state index is 12.5. The number of carbonyl (C=O) groups excluding carboxylic acids is 1. The van der Waals surface area contributed by atoms with Crippen LogP contribution in [0.4, 0.5) is 13.2 Å². The highest BCUT2D eigenvalue weighted by atomic mass is 19.4. The van der Waals surface area contributed by atoms with E-state index in [1.54, 1.807) is 19.9 Å². The molecule has 8 heteroatoms. The number of hydrogen-bond donors (Lipinski definition) is 1. The second-order valence-corrected chi connectivity index (χ2v) is 4.96. The number of nitrogens with one attached hydrogen (secondary N) is 1. The van der Waals surface area contributed by atoms with Gasteiger partial charge in [-0.1, -0.05) is 0 Å². The third kappa shape index (κ3) is 4.41. The van der Waals surface area contributed by atoms with E-state index < -0.39 is 18.6 Å². The molecule has 2 rings (SSSR count). The lowest BCUT2D eigenvalue weighted by Gasteiger charge is -2.12. The number of hydrazone groups is 1. The van der Waals surface area contributed by atoms with Crippen molar-refractivity contribution >= 4 is 12.1 Å². The maximum atomic E-state index is 12.5. The fourth-order valence-electron chi connectivity index (χ4n) is 2.11. The lowest BCUT2D eigenvalue weighted by atomic mass is 10.2. The Labute approximate surface area is 130 Å². The van der Waals surface area contributed by atoms with Gasteiger partial charge in [0.2, 0.25) is 0 Å². The van der Waals surface area contributed by atoms with Crippen LogP contribution >= 0.6 is 0 Å². The van der Waals surface area contributed by atoms with Gasteiger partial charge in [-0.15, -0.1) is 0 Å². The Morgan fingerprint density at radius 3 is 2.61 bits per heavy atom. The molecule has 2 aromatic rings. The Hall–Kier alpha value is -2.64. The molecule has 0 aliphatic heterocycles. The summed E-state index contributed by atoms with van der Waals surface area (Å²) in [6.07, 6.45) is -0.0143. The van der Waals surface area contributed by atoms with E-state index in [1.165, 1.54) is 30.7 Å². The molecule has 23 heavy (non-hydrogen) atoms. The van der Waals surface area contributed by atoms with Crippen molar-refractivity contribution in [2.75, 3.05) is 0 Å². The Morgan fingerprint density at radius 2 is 2.00 bits per heavy atom. The summed E-state index contributed by atoms with van der Waals surface area (Å²) >= 11 is 0. The van der Waals surface area contributed by atoms with Crippen molar-refractivity contribution in [3.8, 4) is 0 Å². The lowest BCUT2D eigenvalue weighted by molar-refractivity contribution is -0.141. The summed E-state index contributed by atoms with van der Waals surface area (Å²) in [5.41, 5.74) is 4.13. The van der Waals surface area contributed by atoms with Gasteiger partial charge in [0, 0.05) is 34.9 Å². The molecule has 5 nitrogen and oxygen atoms in total. The van der Waals surface area contributed by atoms with Crippen LogP contribution in [0.5, 0.6) is 0 Å². The van der Waals surface area contributed by atoms with Gasteiger partial charge in [0.1, 0.15) is 6.54 Å². The van der Waals surface area contributed by atoms with Crippen LogP contribution in [-0.4, -0.2) is 27.8 Å². The summed E-state index contributed by atoms with van der Waals surface area (Å²) in [7, 11) is 0. The predicted molar refractivity (Wildman–Crippen MR) is 79.3 cm³/mol. The van der Waals surface area contributed by atoms with Crippen LogP contribution in [0.2, 0.25) is 0 Å². The normalized spacial score (nSPS) is 11.9. The number of halogens is 3. The molecule has 0 aromatic carbocycles. The molecular weight excluding hydrogens is 309 g/mol. The van der Waals surface area contributed by atoms with Gasteiger partial charge in [0.05, 0.1) is 6.21 Å². The van der Waals surface area contributed by atoms with Crippen molar-refractivity contribution < 1.29 is 18.0 Å². The Bertz CT molecular complexity index is 720. The standard InChI is InChI=1S/C15H15F3N4O/c1-10-7-13(11(2)22(10)9-15(16,17)18)8-20-21-14(23)12-3-5-19-6-4-12/h3-8H,9H2,1-2H3,(H,21,23). The number of alkyl halides is 3. The smallest absolute Gasteiger partial charge is 0.339 e. The highest BCUT2D eigenvalue weighted by Crippen LogP contribution is 2.22. The summed E-state index contributed by atoms with van der Waals surface area (Å²) in [5, 5.41) is 3.79. The van der Waals surface area contributed by atoms with Crippen molar-refractivity contribution in [3.63, 3.8) is 0 Å². The number of rotatable bonds is 4. The number of aromatic nitrogens is 2. The Kier molecular flexibility index (Phi) is 4.83. The van der Waals surface area contributed by atoms with Gasteiger partial charge in [-0.2, -0.15) is 18.3 Å². The molecular formula is C15H15F3N4O. The molecule has 0 saturated heterocycles. The lowest BCUT2D eigenvalue weighted by Crippen LogP contribution is -2.19. The van der Waals surface area contributed by atoms with Gasteiger partial charge in [-0.05, 0) is 32.0 Å². The zero-order valence-corrected chi connectivity index (χ0v) is 12.6. The van der Waals surface area contributed by atoms with Crippen molar-refractivity contribution in [1.82, 2.24) is 15.0 Å². The first-order valence-electron chi connectivity index (χ1n) is 6.75. The molecule has 0 radical (unpaired) electrons. The molecule has 0 aliphatic rings. The van der Waals surface area contributed by atoms with Gasteiger partial charge in [-0.25, -0.2) is 5.43 Å². The third-order valence-corrected chi connectivity index (χ3v) is 3.26. The van der Waals surface area contributed by atoms with E-state index >= 15 is 0 Å². The number of aryl methyl sites for hydroxylation is 1. The third-order valence-electron chi connectivity index (χ3n) is 3.26. The van der Waals surface area contributed by atoms with E-state index in [0.717, 1.165) is 4.57 Å². The summed E-state index contributed by atoms with van der Waals surface area (Å²) < 4.78 is 38.8. The first kappa shape index (κ1) is 16.7. The molecule has 122 valence electrons. The van der Waals surface area contributed by atoms with Crippen molar-refractivity contribution in [3.05, 3.63) is 53.1 Å². The first-order valence-corrected chi connectivity index (χ1v) is 6.75. The van der Waals surface area contributed by atoms with E-state index in [1.807, 2.05) is 0 Å². The quantitative estimate of drug-likeness (QED) is 0.694. The molecule has 0 spiro atoms. The molecule has 0 atom stereocenters. The molecule has 0 aliphatic carbocycles. The van der Waals surface area contributed by atoms with Crippen molar-refractivity contribution in [1.29, 1.82) is 0 Å². The van der Waals surface area contributed by atoms with Crippen LogP contribution in [-0.2, 0) is 6.54 Å². The first-order chi connectivity index (χ1) is 10.8. The largest absolute Gasteiger partial charge is 0.406 e. The predicted octanol–water partition coefficient (Wildman–Crippen LogP) is 2.83. The molecule has 1 amide bonds. The number of hydrogen-bond acceptors (Lipinski definition) is 3. The van der Waals surface area contributed by atoms with E-state index in [9.17, 15) is 18.0 Å². The minimum absolute atomic E-state index is 0.389. The average molecular weight is 324 g/mol. The van der Waals surface area contributed by atoms with Gasteiger partial charge in [0.25, 0.3) is 5.91 Å². The fourth-order valence-corrected chi connectivity index (χ4v) is 2.11. The summed E-state index contributed by atoms with van der Waals surface area (Å²) in [6.45, 7) is 2.11. The molecule has 1 N–H and O–H groups in total. The van der Waals surface area contributed by atoms with E-state index in [2.05, 4.69) is 15.5 Å². The number of amides is 1. The maximum Gasteiger partial charge on any atom is 0.406 e. The van der Waals surface area contributed by atoms with Gasteiger partial charge in [0.15, 0.2) is 0 Å². The Morgan fingerprint density at radius 1 is 1.35 bits per heavy atom. The second-order valence-electron chi connectivity index (χ2n) is 4.96. The molecule has 2 aromatic heterocycles. The fraction of sp³-hybridized carbons (Fsp3) is 0.267. The second kappa shape index (κ2) is 6.64. The SMILES string of the molecule is Cc1cc(C=NNC(=O)c2ccncc2)c(C)n1CC(F)(F)F. The van der Waals surface area contributed by atoms with Crippen LogP contribution in [0, 0.1) is 13.8 Å². The number of carbonyl (C=O) groups is 1. The zero-order valence-electron chi connectivity index (χ0n) is 12.6. The van der Waals surface area contributed by atoms with E-state index in [-0.39, 0.29) is 0 Å². The van der Waals surface area contributed by atoms with Crippen LogP contribution in [0.3, 0.4) is 0 Å². The molecule has 0 saturated carbocycles. The van der Waals surface area contributed by atoms with E-state index in [0.29, 0.717) is 22.5 Å². The number of nitrogens with zero attached hydrogens (tertiary/aromatic N) is 3. The zero-order chi connectivity index (χ0) is 17.0. The topological polar surface area (TPSA) is 59.3 Å². The van der Waals surface area contributed by atoms with Gasteiger partial charge < -0.3 is 4.57 Å². The van der Waals surface area contributed by atoms with E-state index in [4.69, 9.17) is 0 Å². The minimum atomic E-state index is -4.29. The molecule has 2 heterocycles. The molecule has 0 fully saturated rings. The monoisotopic (exact) mass is 324 g/mol. The van der Waals surface area contributed by atoms with Crippen LogP contribution in [0.25, 0.3) is 0 Å². The van der Waals surface area contributed by atoms with Crippen LogP contribution in [0.1, 0.15) is 27.3 Å². The summed E-state index contributed by atoms with van der Waals surface area (Å²) in [6, 6.07) is 4.64. The minimum Gasteiger partial charge on any atom is -0.339 e. The summed E-state index contributed by atoms with van der Waals surface area (Å²) in [4.78, 5) is 15.6. The Balaban J connectivity index is 2.09. The highest BCUT2D eigenvalue weighted by molar-refractivity contribution is 5.94. The van der Waals surface area contributed by atoms with Crippen molar-refractivity contribution in [2.45, 2.75) is 26.6 Å². The van der Waals surface area contributed by atoms with Gasteiger partial charge >= 0.3 is 6.18 Å². The van der Waals surface area contributed by atoms with Crippen LogP contribution in [0.15, 0.2) is 35.7 Å². The van der Waals surface area contributed by atoms with Crippen molar-refractivity contribution in [2.24, 2.45) is 5.10 Å². The van der Waals surface area contributed by atoms with Gasteiger partial charge in [-0.3, -0.25) is 9.78 Å². The molecule has 0 unspecified atom stereocenters.